The standard InChI is InChI=1S/C21H24O7/c1-26-15-9-14(8-7-13-5-3-2-4-6-13)10-16(11-15)27-21-20(25)19(24)18(23)17(12-22)28-21/h2-11,17-25H,12H2,1H3/t17-,18-,19+,20-,21?/m1/s1. The van der Waals surface area contributed by atoms with E-state index in [-0.39, 0.29) is 0 Å². The molecule has 1 unspecified atom stereocenters. The Morgan fingerprint density at radius 3 is 2.25 bits per heavy atom. The maximum Gasteiger partial charge on any atom is 0.229 e. The molecule has 0 aromatic heterocycles. The van der Waals surface area contributed by atoms with Crippen LogP contribution in [0.15, 0.2) is 48.5 Å². The molecule has 150 valence electrons. The van der Waals surface area contributed by atoms with Crippen LogP contribution in [0.4, 0.5) is 0 Å². The molecule has 28 heavy (non-hydrogen) atoms. The minimum Gasteiger partial charge on any atom is -0.497 e. The number of aliphatic hydroxyl groups is 4. The van der Waals surface area contributed by atoms with E-state index in [1.807, 2.05) is 48.6 Å². The fourth-order valence-electron chi connectivity index (χ4n) is 2.93. The van der Waals surface area contributed by atoms with E-state index in [1.165, 1.54) is 7.11 Å². The van der Waals surface area contributed by atoms with Crippen LogP contribution in [0.2, 0.25) is 0 Å². The van der Waals surface area contributed by atoms with Crippen LogP contribution < -0.4 is 9.47 Å². The van der Waals surface area contributed by atoms with E-state index >= 15 is 0 Å². The molecule has 0 amide bonds. The molecule has 5 atom stereocenters. The summed E-state index contributed by atoms with van der Waals surface area (Å²) in [6.07, 6.45) is -2.88. The molecule has 1 saturated heterocycles. The Hall–Kier alpha value is -2.42. The predicted octanol–water partition coefficient (Wildman–Crippen LogP) is 1.04. The molecule has 1 aliphatic rings. The van der Waals surface area contributed by atoms with Gasteiger partial charge in [-0.3, -0.25) is 0 Å². The van der Waals surface area contributed by atoms with E-state index in [2.05, 4.69) is 0 Å². The molecule has 7 nitrogen and oxygen atoms in total. The molecule has 2 aromatic carbocycles. The second-order valence-corrected chi connectivity index (χ2v) is 6.50. The number of ether oxygens (including phenoxy) is 3. The SMILES string of the molecule is COc1cc(C=Cc2ccccc2)cc(OC2O[C@H](CO)[C@@H](O)[C@H](O)[C@H]2O)c1. The second-order valence-electron chi connectivity index (χ2n) is 6.50. The Morgan fingerprint density at radius 2 is 1.57 bits per heavy atom. The van der Waals surface area contributed by atoms with Gasteiger partial charge < -0.3 is 34.6 Å². The smallest absolute Gasteiger partial charge is 0.229 e. The summed E-state index contributed by atoms with van der Waals surface area (Å²) in [5.41, 5.74) is 1.82. The highest BCUT2D eigenvalue weighted by Gasteiger charge is 2.44. The third-order valence-corrected chi connectivity index (χ3v) is 4.51. The van der Waals surface area contributed by atoms with Gasteiger partial charge >= 0.3 is 0 Å². The summed E-state index contributed by atoms with van der Waals surface area (Å²) in [5.74, 6) is 0.881. The van der Waals surface area contributed by atoms with Crippen LogP contribution in [0.5, 0.6) is 11.5 Å². The molecule has 0 radical (unpaired) electrons. The van der Waals surface area contributed by atoms with E-state index in [4.69, 9.17) is 14.2 Å². The molecule has 4 N–H and O–H groups in total. The van der Waals surface area contributed by atoms with E-state index in [1.54, 1.807) is 12.1 Å². The first-order valence-corrected chi connectivity index (χ1v) is 8.91. The molecule has 0 aliphatic carbocycles. The average Bonchev–Trinajstić information content (AvgIpc) is 2.73. The van der Waals surface area contributed by atoms with E-state index in [0.717, 1.165) is 11.1 Å². The van der Waals surface area contributed by atoms with Gasteiger partial charge in [-0.2, -0.15) is 0 Å². The molecule has 7 heteroatoms. The minimum atomic E-state index is -1.50. The Balaban J connectivity index is 1.80. The van der Waals surface area contributed by atoms with Crippen LogP contribution in [-0.4, -0.2) is 64.8 Å². The fraction of sp³-hybridized carbons (Fsp3) is 0.333. The quantitative estimate of drug-likeness (QED) is 0.548. The van der Waals surface area contributed by atoms with Crippen LogP contribution >= 0.6 is 0 Å². The zero-order chi connectivity index (χ0) is 20.1. The second kappa shape index (κ2) is 9.18. The van der Waals surface area contributed by atoms with Gasteiger partial charge in [0.1, 0.15) is 35.9 Å². The lowest BCUT2D eigenvalue weighted by atomic mass is 9.99. The average molecular weight is 388 g/mol. The van der Waals surface area contributed by atoms with Gasteiger partial charge in [0.15, 0.2) is 0 Å². The number of hydrogen-bond donors (Lipinski definition) is 4. The molecular formula is C21H24O7. The Labute approximate surface area is 163 Å². The first-order chi connectivity index (χ1) is 13.5. The van der Waals surface area contributed by atoms with Crippen molar-refractivity contribution >= 4 is 12.2 Å². The van der Waals surface area contributed by atoms with Crippen LogP contribution in [0.1, 0.15) is 11.1 Å². The van der Waals surface area contributed by atoms with Gasteiger partial charge in [-0.05, 0) is 23.3 Å². The summed E-state index contributed by atoms with van der Waals surface area (Å²) in [4.78, 5) is 0. The van der Waals surface area contributed by atoms with Crippen molar-refractivity contribution in [2.45, 2.75) is 30.7 Å². The summed E-state index contributed by atoms with van der Waals surface area (Å²) in [6.45, 7) is -0.520. The minimum absolute atomic E-state index is 0.344. The van der Waals surface area contributed by atoms with Gasteiger partial charge in [-0.15, -0.1) is 0 Å². The molecule has 0 bridgehead atoms. The number of benzene rings is 2. The highest BCUT2D eigenvalue weighted by atomic mass is 16.7. The lowest BCUT2D eigenvalue weighted by molar-refractivity contribution is -0.277. The van der Waals surface area contributed by atoms with Gasteiger partial charge in [0.05, 0.1) is 13.7 Å². The Morgan fingerprint density at radius 1 is 0.893 bits per heavy atom. The van der Waals surface area contributed by atoms with Gasteiger partial charge in [0.25, 0.3) is 0 Å². The number of hydrogen-bond acceptors (Lipinski definition) is 7. The van der Waals surface area contributed by atoms with Crippen molar-refractivity contribution in [2.24, 2.45) is 0 Å². The molecule has 1 heterocycles. The molecular weight excluding hydrogens is 364 g/mol. The van der Waals surface area contributed by atoms with Crippen molar-refractivity contribution in [1.29, 1.82) is 0 Å². The third-order valence-electron chi connectivity index (χ3n) is 4.51. The van der Waals surface area contributed by atoms with Crippen molar-refractivity contribution in [3.8, 4) is 11.5 Å². The number of aliphatic hydroxyl groups excluding tert-OH is 4. The molecule has 1 fully saturated rings. The Kier molecular flexibility index (Phi) is 6.66. The van der Waals surface area contributed by atoms with Crippen LogP contribution in [0, 0.1) is 0 Å². The van der Waals surface area contributed by atoms with Crippen molar-refractivity contribution in [3.05, 3.63) is 59.7 Å². The third kappa shape index (κ3) is 4.70. The first-order valence-electron chi connectivity index (χ1n) is 8.91. The largest absolute Gasteiger partial charge is 0.497 e. The summed E-state index contributed by atoms with van der Waals surface area (Å²) in [7, 11) is 1.53. The summed E-state index contributed by atoms with van der Waals surface area (Å²) < 4.78 is 16.4. The monoisotopic (exact) mass is 388 g/mol. The van der Waals surface area contributed by atoms with Gasteiger partial charge in [0.2, 0.25) is 6.29 Å². The van der Waals surface area contributed by atoms with Crippen molar-refractivity contribution in [1.82, 2.24) is 0 Å². The van der Waals surface area contributed by atoms with Gasteiger partial charge in [-0.25, -0.2) is 0 Å². The maximum atomic E-state index is 10.1. The molecule has 3 rings (SSSR count). The van der Waals surface area contributed by atoms with Gasteiger partial charge in [-0.1, -0.05) is 42.5 Å². The molecule has 2 aromatic rings. The highest BCUT2D eigenvalue weighted by molar-refractivity contribution is 5.71. The normalized spacial score (nSPS) is 27.7. The van der Waals surface area contributed by atoms with Crippen molar-refractivity contribution in [3.63, 3.8) is 0 Å². The predicted molar refractivity (Wildman–Crippen MR) is 103 cm³/mol. The number of methoxy groups -OCH3 is 1. The molecule has 1 aliphatic heterocycles. The lowest BCUT2D eigenvalue weighted by Crippen LogP contribution is -2.60. The highest BCUT2D eigenvalue weighted by Crippen LogP contribution is 2.28. The fourth-order valence-corrected chi connectivity index (χ4v) is 2.93. The van der Waals surface area contributed by atoms with Crippen LogP contribution in [0.3, 0.4) is 0 Å². The van der Waals surface area contributed by atoms with Crippen molar-refractivity contribution < 1.29 is 34.6 Å². The van der Waals surface area contributed by atoms with Gasteiger partial charge in [0, 0.05) is 6.07 Å². The first kappa shape index (κ1) is 20.3. The topological polar surface area (TPSA) is 109 Å². The van der Waals surface area contributed by atoms with E-state index in [0.29, 0.717) is 11.5 Å². The van der Waals surface area contributed by atoms with Crippen LogP contribution in [0.25, 0.3) is 12.2 Å². The zero-order valence-electron chi connectivity index (χ0n) is 15.4. The maximum absolute atomic E-state index is 10.1. The zero-order valence-corrected chi connectivity index (χ0v) is 15.4. The molecule has 0 spiro atoms. The molecule has 0 saturated carbocycles. The van der Waals surface area contributed by atoms with E-state index < -0.39 is 37.3 Å². The lowest BCUT2D eigenvalue weighted by Gasteiger charge is -2.39. The summed E-state index contributed by atoms with van der Waals surface area (Å²) in [5, 5.41) is 39.2. The summed E-state index contributed by atoms with van der Waals surface area (Å²) in [6, 6.07) is 14.9. The Bertz CT molecular complexity index is 791. The van der Waals surface area contributed by atoms with Crippen molar-refractivity contribution in [2.75, 3.05) is 13.7 Å². The van der Waals surface area contributed by atoms with E-state index in [9.17, 15) is 20.4 Å². The summed E-state index contributed by atoms with van der Waals surface area (Å²) >= 11 is 0. The van der Waals surface area contributed by atoms with Crippen LogP contribution in [-0.2, 0) is 4.74 Å². The number of rotatable bonds is 6.